The highest BCUT2D eigenvalue weighted by molar-refractivity contribution is 9.10. The van der Waals surface area contributed by atoms with Gasteiger partial charge in [0.2, 0.25) is 5.91 Å². The number of aromatic nitrogens is 1. The summed E-state index contributed by atoms with van der Waals surface area (Å²) >= 11 is 8.82. The summed E-state index contributed by atoms with van der Waals surface area (Å²) < 4.78 is 39.8. The minimum absolute atomic E-state index is 0.495. The molecule has 0 aliphatic rings. The fraction of sp³-hybridized carbons (Fsp3) is 0.200. The third-order valence-corrected chi connectivity index (χ3v) is 3.91. The molecule has 0 atom stereocenters. The predicted molar refractivity (Wildman–Crippen MR) is 88.2 cm³/mol. The van der Waals surface area contributed by atoms with Gasteiger partial charge in [0.05, 0.1) is 5.56 Å². The smallest absolute Gasteiger partial charge is 0.324 e. The van der Waals surface area contributed by atoms with Crippen LogP contribution >= 0.6 is 27.5 Å². The summed E-state index contributed by atoms with van der Waals surface area (Å²) in [5, 5.41) is 1.95. The number of carbonyl (C=O) groups excluding carboxylic acids is 1. The van der Waals surface area contributed by atoms with E-state index in [0.29, 0.717) is 22.5 Å². The van der Waals surface area contributed by atoms with Gasteiger partial charge in [0.25, 0.3) is 5.56 Å². The summed E-state index contributed by atoms with van der Waals surface area (Å²) in [5.74, 6) is -0.641. The Balaban J connectivity index is 2.25. The number of nitrogens with zero attached hydrogens (tertiary/aromatic N) is 1. The van der Waals surface area contributed by atoms with Gasteiger partial charge >= 0.3 is 6.18 Å². The Labute approximate surface area is 148 Å². The van der Waals surface area contributed by atoms with E-state index >= 15 is 0 Å². The van der Waals surface area contributed by atoms with Crippen molar-refractivity contribution in [2.24, 2.45) is 0 Å². The van der Waals surface area contributed by atoms with Crippen LogP contribution in [0, 0.1) is 6.92 Å². The van der Waals surface area contributed by atoms with E-state index in [0.717, 1.165) is 10.0 Å². The van der Waals surface area contributed by atoms with Gasteiger partial charge in [-0.15, -0.1) is 0 Å². The standard InChI is InChI=1S/C15H11BrClF3N2O2/c1-8-4-10(16)2-3-12(8)21-13(23)7-22-6-9(15(18,19)20)5-11(17)14(22)24/h2-6H,7H2,1H3,(H,21,23). The van der Waals surface area contributed by atoms with Crippen LogP contribution in [0.5, 0.6) is 0 Å². The van der Waals surface area contributed by atoms with Crippen LogP contribution in [0.15, 0.2) is 39.7 Å². The molecule has 2 aromatic rings. The van der Waals surface area contributed by atoms with E-state index < -0.39 is 34.8 Å². The van der Waals surface area contributed by atoms with Gasteiger partial charge in [-0.3, -0.25) is 9.59 Å². The van der Waals surface area contributed by atoms with E-state index in [-0.39, 0.29) is 0 Å². The van der Waals surface area contributed by atoms with E-state index in [1.165, 1.54) is 0 Å². The number of anilines is 1. The number of hydrogen-bond donors (Lipinski definition) is 1. The minimum atomic E-state index is -4.67. The highest BCUT2D eigenvalue weighted by atomic mass is 79.9. The first-order valence-electron chi connectivity index (χ1n) is 6.61. The summed E-state index contributed by atoms with van der Waals surface area (Å²) in [6, 6.07) is 5.65. The summed E-state index contributed by atoms with van der Waals surface area (Å²) in [7, 11) is 0. The highest BCUT2D eigenvalue weighted by Gasteiger charge is 2.32. The fourth-order valence-electron chi connectivity index (χ4n) is 1.98. The SMILES string of the molecule is Cc1cc(Br)ccc1NC(=O)Cn1cc(C(F)(F)F)cc(Cl)c1=O. The van der Waals surface area contributed by atoms with Crippen molar-refractivity contribution in [2.75, 3.05) is 5.32 Å². The van der Waals surface area contributed by atoms with Gasteiger partial charge in [-0.05, 0) is 36.8 Å². The normalized spacial score (nSPS) is 11.4. The molecular formula is C15H11BrClF3N2O2. The topological polar surface area (TPSA) is 51.1 Å². The van der Waals surface area contributed by atoms with Crippen LogP contribution in [-0.2, 0) is 17.5 Å². The monoisotopic (exact) mass is 422 g/mol. The molecule has 24 heavy (non-hydrogen) atoms. The summed E-state index contributed by atoms with van der Waals surface area (Å²) in [5.41, 5.74) is -0.714. The maximum absolute atomic E-state index is 12.8. The number of hydrogen-bond acceptors (Lipinski definition) is 2. The van der Waals surface area contributed by atoms with E-state index in [4.69, 9.17) is 11.6 Å². The third kappa shape index (κ3) is 4.39. The lowest BCUT2D eigenvalue weighted by Gasteiger charge is -2.13. The Morgan fingerprint density at radius 2 is 2.00 bits per heavy atom. The molecule has 4 nitrogen and oxygen atoms in total. The van der Waals surface area contributed by atoms with E-state index in [1.54, 1.807) is 25.1 Å². The number of carbonyl (C=O) groups is 1. The van der Waals surface area contributed by atoms with Gasteiger partial charge < -0.3 is 9.88 Å². The average molecular weight is 424 g/mol. The first kappa shape index (κ1) is 18.5. The van der Waals surface area contributed by atoms with Crippen LogP contribution < -0.4 is 10.9 Å². The van der Waals surface area contributed by atoms with E-state index in [1.807, 2.05) is 0 Å². The summed E-state index contributed by atoms with van der Waals surface area (Å²) in [6.07, 6.45) is -4.10. The average Bonchev–Trinajstić information content (AvgIpc) is 2.45. The minimum Gasteiger partial charge on any atom is -0.324 e. The highest BCUT2D eigenvalue weighted by Crippen LogP contribution is 2.29. The maximum atomic E-state index is 12.8. The first-order valence-corrected chi connectivity index (χ1v) is 7.78. The predicted octanol–water partition coefficient (Wildman–Crippen LogP) is 4.23. The molecule has 0 saturated carbocycles. The van der Waals surface area contributed by atoms with Gasteiger partial charge in [0.1, 0.15) is 11.6 Å². The molecule has 1 N–H and O–H groups in total. The zero-order chi connectivity index (χ0) is 18.1. The van der Waals surface area contributed by atoms with Crippen molar-refractivity contribution >= 4 is 39.1 Å². The largest absolute Gasteiger partial charge is 0.417 e. The lowest BCUT2D eigenvalue weighted by atomic mass is 10.2. The van der Waals surface area contributed by atoms with Crippen molar-refractivity contribution in [3.63, 3.8) is 0 Å². The zero-order valence-electron chi connectivity index (χ0n) is 12.2. The number of pyridine rings is 1. The van der Waals surface area contributed by atoms with Crippen LogP contribution in [0.3, 0.4) is 0 Å². The second-order valence-electron chi connectivity index (χ2n) is 5.01. The van der Waals surface area contributed by atoms with E-state index in [2.05, 4.69) is 21.2 Å². The molecule has 0 radical (unpaired) electrons. The van der Waals surface area contributed by atoms with Crippen LogP contribution in [-0.4, -0.2) is 10.5 Å². The van der Waals surface area contributed by atoms with Gasteiger partial charge in [-0.1, -0.05) is 27.5 Å². The molecule has 0 spiro atoms. The lowest BCUT2D eigenvalue weighted by Crippen LogP contribution is -2.29. The molecule has 0 aliphatic heterocycles. The zero-order valence-corrected chi connectivity index (χ0v) is 14.6. The van der Waals surface area contributed by atoms with Gasteiger partial charge in [-0.2, -0.15) is 13.2 Å². The quantitative estimate of drug-likeness (QED) is 0.803. The molecular weight excluding hydrogens is 413 g/mol. The molecule has 1 heterocycles. The molecule has 0 unspecified atom stereocenters. The van der Waals surface area contributed by atoms with Crippen molar-refractivity contribution in [1.29, 1.82) is 0 Å². The first-order chi connectivity index (χ1) is 11.1. The van der Waals surface area contributed by atoms with Crippen molar-refractivity contribution in [1.82, 2.24) is 4.57 Å². The molecule has 1 amide bonds. The molecule has 9 heteroatoms. The van der Waals surface area contributed by atoms with Crippen LogP contribution in [0.1, 0.15) is 11.1 Å². The van der Waals surface area contributed by atoms with Crippen LogP contribution in [0.4, 0.5) is 18.9 Å². The second-order valence-corrected chi connectivity index (χ2v) is 6.34. The molecule has 0 bridgehead atoms. The Bertz CT molecular complexity index is 850. The van der Waals surface area contributed by atoms with E-state index in [9.17, 15) is 22.8 Å². The molecule has 1 aromatic heterocycles. The number of nitrogens with one attached hydrogen (secondary N) is 1. The van der Waals surface area contributed by atoms with Crippen molar-refractivity contribution < 1.29 is 18.0 Å². The fourth-order valence-corrected chi connectivity index (χ4v) is 2.69. The number of halogens is 5. The summed E-state index contributed by atoms with van der Waals surface area (Å²) in [4.78, 5) is 23.9. The number of benzene rings is 1. The molecule has 128 valence electrons. The molecule has 0 saturated heterocycles. The summed E-state index contributed by atoms with van der Waals surface area (Å²) in [6.45, 7) is 1.17. The van der Waals surface area contributed by atoms with Crippen molar-refractivity contribution in [3.05, 3.63) is 61.4 Å². The van der Waals surface area contributed by atoms with Crippen LogP contribution in [0.25, 0.3) is 0 Å². The Morgan fingerprint density at radius 3 is 2.58 bits per heavy atom. The number of alkyl halides is 3. The number of rotatable bonds is 3. The van der Waals surface area contributed by atoms with Crippen molar-refractivity contribution in [2.45, 2.75) is 19.6 Å². The maximum Gasteiger partial charge on any atom is 0.417 e. The number of amides is 1. The molecule has 1 aromatic carbocycles. The molecule has 0 fully saturated rings. The van der Waals surface area contributed by atoms with Crippen molar-refractivity contribution in [3.8, 4) is 0 Å². The number of aryl methyl sites for hydroxylation is 1. The van der Waals surface area contributed by atoms with Gasteiger partial charge in [0, 0.05) is 16.4 Å². The Morgan fingerprint density at radius 1 is 1.33 bits per heavy atom. The Kier molecular flexibility index (Phi) is 5.39. The van der Waals surface area contributed by atoms with Gasteiger partial charge in [-0.25, -0.2) is 0 Å². The second kappa shape index (κ2) is 6.98. The third-order valence-electron chi connectivity index (χ3n) is 3.15. The van der Waals surface area contributed by atoms with Crippen LogP contribution in [0.2, 0.25) is 5.02 Å². The Hall–Kier alpha value is -1.80. The molecule has 2 rings (SSSR count). The van der Waals surface area contributed by atoms with Gasteiger partial charge in [0.15, 0.2) is 0 Å². The molecule has 0 aliphatic carbocycles. The lowest BCUT2D eigenvalue weighted by molar-refractivity contribution is -0.138.